The predicted octanol–water partition coefficient (Wildman–Crippen LogP) is 1.30. The van der Waals surface area contributed by atoms with Crippen LogP contribution in [0.2, 0.25) is 0 Å². The Hall–Kier alpha value is -1.68. The lowest BCUT2D eigenvalue weighted by Gasteiger charge is -2.20. The molecule has 1 N–H and O–H groups in total. The highest BCUT2D eigenvalue weighted by Crippen LogP contribution is 2.19. The van der Waals surface area contributed by atoms with Crippen LogP contribution in [0.3, 0.4) is 0 Å². The summed E-state index contributed by atoms with van der Waals surface area (Å²) in [6.07, 6.45) is 4.49. The molecule has 102 valence electrons. The maximum absolute atomic E-state index is 11.9. The summed E-state index contributed by atoms with van der Waals surface area (Å²) in [6, 6.07) is 3.39. The largest absolute Gasteiger partial charge is 0.872 e. The average Bonchev–Trinajstić information content (AvgIpc) is 2.43. The van der Waals surface area contributed by atoms with E-state index in [-0.39, 0.29) is 11.3 Å². The number of hydrogen-bond acceptors (Lipinski definition) is 4. The van der Waals surface area contributed by atoms with Crippen molar-refractivity contribution in [1.29, 1.82) is 0 Å². The van der Waals surface area contributed by atoms with E-state index in [4.69, 9.17) is 0 Å². The lowest BCUT2D eigenvalue weighted by molar-refractivity contribution is -0.268. The second kappa shape index (κ2) is 6.48. The molecule has 0 amide bonds. The predicted molar refractivity (Wildman–Crippen MR) is 74.1 cm³/mol. The van der Waals surface area contributed by atoms with Crippen molar-refractivity contribution in [3.8, 4) is 5.75 Å². The zero-order chi connectivity index (χ0) is 13.7. The minimum Gasteiger partial charge on any atom is -0.872 e. The highest BCUT2D eigenvalue weighted by Gasteiger charge is 2.11. The smallest absolute Gasteiger partial charge is 0.149 e. The van der Waals surface area contributed by atoms with Crippen LogP contribution in [0, 0.1) is 12.8 Å². The van der Waals surface area contributed by atoms with Gasteiger partial charge in [-0.25, -0.2) is 0 Å². The molecule has 1 aromatic rings. The van der Waals surface area contributed by atoms with Gasteiger partial charge >= 0.3 is 0 Å². The number of piperidine rings is 1. The molecule has 4 nitrogen and oxygen atoms in total. The minimum absolute atomic E-state index is 0.211. The Morgan fingerprint density at radius 1 is 1.37 bits per heavy atom. The number of aryl methyl sites for hydroxylation is 1. The Morgan fingerprint density at radius 2 is 2.05 bits per heavy atom. The van der Waals surface area contributed by atoms with Crippen LogP contribution in [-0.2, 0) is 0 Å². The molecule has 0 radical (unpaired) electrons. The van der Waals surface area contributed by atoms with Crippen molar-refractivity contribution in [3.63, 3.8) is 0 Å². The lowest BCUT2D eigenvalue weighted by Crippen LogP contribution is -2.29. The van der Waals surface area contributed by atoms with Crippen molar-refractivity contribution in [1.82, 2.24) is 5.32 Å². The monoisotopic (exact) mass is 259 g/mol. The Morgan fingerprint density at radius 3 is 2.74 bits per heavy atom. The molecular weight excluding hydrogens is 240 g/mol. The quantitative estimate of drug-likeness (QED) is 0.654. The van der Waals surface area contributed by atoms with Crippen LogP contribution in [0.15, 0.2) is 17.1 Å². The summed E-state index contributed by atoms with van der Waals surface area (Å²) in [6.45, 7) is 4.72. The SMILES string of the molecule is Cc1cc(C=O)c([O-])c(C=NCC2CCNCC2)c1. The normalized spacial score (nSPS) is 16.9. The number of aldehydes is 1. The summed E-state index contributed by atoms with van der Waals surface area (Å²) in [5.41, 5.74) is 1.63. The second-order valence-electron chi connectivity index (χ2n) is 5.08. The van der Waals surface area contributed by atoms with E-state index in [2.05, 4.69) is 10.3 Å². The molecule has 0 aromatic heterocycles. The number of nitrogens with zero attached hydrogens (tertiary/aromatic N) is 1. The Labute approximate surface area is 113 Å². The molecular formula is C15H19N2O2-. The van der Waals surface area contributed by atoms with Gasteiger partial charge in [-0.2, -0.15) is 0 Å². The summed E-state index contributed by atoms with van der Waals surface area (Å²) in [4.78, 5) is 15.2. The highest BCUT2D eigenvalue weighted by atomic mass is 16.3. The number of aliphatic imine (C=N–C) groups is 1. The van der Waals surface area contributed by atoms with E-state index in [1.807, 2.05) is 6.92 Å². The molecule has 1 aliphatic rings. The van der Waals surface area contributed by atoms with Gasteiger partial charge in [0, 0.05) is 18.3 Å². The van der Waals surface area contributed by atoms with Gasteiger partial charge in [-0.1, -0.05) is 11.8 Å². The first-order chi connectivity index (χ1) is 9.20. The molecule has 0 atom stereocenters. The van der Waals surface area contributed by atoms with Crippen molar-refractivity contribution in [3.05, 3.63) is 28.8 Å². The summed E-state index contributed by atoms with van der Waals surface area (Å²) >= 11 is 0. The molecule has 1 aliphatic heterocycles. The van der Waals surface area contributed by atoms with Crippen LogP contribution in [0.5, 0.6) is 5.75 Å². The molecule has 0 saturated carbocycles. The van der Waals surface area contributed by atoms with Crippen LogP contribution in [0.4, 0.5) is 0 Å². The van der Waals surface area contributed by atoms with Crippen LogP contribution in [-0.4, -0.2) is 32.1 Å². The molecule has 2 rings (SSSR count). The van der Waals surface area contributed by atoms with Crippen LogP contribution in [0.1, 0.15) is 34.3 Å². The van der Waals surface area contributed by atoms with Gasteiger partial charge < -0.3 is 10.4 Å². The van der Waals surface area contributed by atoms with Gasteiger partial charge in [0.05, 0.1) is 0 Å². The molecule has 0 aliphatic carbocycles. The van der Waals surface area contributed by atoms with Crippen molar-refractivity contribution >= 4 is 12.5 Å². The van der Waals surface area contributed by atoms with Gasteiger partial charge in [0.25, 0.3) is 0 Å². The molecule has 0 bridgehead atoms. The van der Waals surface area contributed by atoms with E-state index in [1.165, 1.54) is 0 Å². The molecule has 1 aromatic carbocycles. The van der Waals surface area contributed by atoms with Crippen molar-refractivity contribution in [2.75, 3.05) is 19.6 Å². The van der Waals surface area contributed by atoms with E-state index in [9.17, 15) is 9.90 Å². The first-order valence-electron chi connectivity index (χ1n) is 6.68. The van der Waals surface area contributed by atoms with E-state index >= 15 is 0 Å². The third kappa shape index (κ3) is 3.64. The molecule has 0 spiro atoms. The Kier molecular flexibility index (Phi) is 4.68. The fourth-order valence-corrected chi connectivity index (χ4v) is 2.38. The molecule has 19 heavy (non-hydrogen) atoms. The highest BCUT2D eigenvalue weighted by molar-refractivity contribution is 5.90. The molecule has 4 heteroatoms. The van der Waals surface area contributed by atoms with Crippen LogP contribution < -0.4 is 10.4 Å². The molecule has 1 saturated heterocycles. The molecule has 1 heterocycles. The lowest BCUT2D eigenvalue weighted by atomic mass is 9.98. The minimum atomic E-state index is -0.227. The van der Waals surface area contributed by atoms with Gasteiger partial charge in [0.1, 0.15) is 6.29 Å². The summed E-state index contributed by atoms with van der Waals surface area (Å²) in [5.74, 6) is 0.373. The zero-order valence-corrected chi connectivity index (χ0v) is 11.2. The maximum atomic E-state index is 11.9. The zero-order valence-electron chi connectivity index (χ0n) is 11.2. The first kappa shape index (κ1) is 13.7. The van der Waals surface area contributed by atoms with Gasteiger partial charge in [-0.15, -0.1) is 0 Å². The van der Waals surface area contributed by atoms with Crippen molar-refractivity contribution < 1.29 is 9.90 Å². The number of carbonyl (C=O) groups excluding carboxylic acids is 1. The fourth-order valence-electron chi connectivity index (χ4n) is 2.38. The third-order valence-electron chi connectivity index (χ3n) is 3.47. The Balaban J connectivity index is 2.05. The van der Waals surface area contributed by atoms with Gasteiger partial charge in [-0.05, 0) is 56.0 Å². The van der Waals surface area contributed by atoms with Crippen molar-refractivity contribution in [2.45, 2.75) is 19.8 Å². The topological polar surface area (TPSA) is 64.5 Å². The average molecular weight is 259 g/mol. The van der Waals surface area contributed by atoms with Gasteiger partial charge in [0.15, 0.2) is 0 Å². The number of rotatable bonds is 4. The van der Waals surface area contributed by atoms with Crippen LogP contribution >= 0.6 is 0 Å². The van der Waals surface area contributed by atoms with Crippen molar-refractivity contribution in [2.24, 2.45) is 10.9 Å². The summed E-state index contributed by atoms with van der Waals surface area (Å²) in [5, 5.41) is 15.2. The van der Waals surface area contributed by atoms with Gasteiger partial charge in [0.2, 0.25) is 0 Å². The second-order valence-corrected chi connectivity index (χ2v) is 5.08. The third-order valence-corrected chi connectivity index (χ3v) is 3.47. The maximum Gasteiger partial charge on any atom is 0.149 e. The number of nitrogens with one attached hydrogen (secondary N) is 1. The van der Waals surface area contributed by atoms with Gasteiger partial charge in [-0.3, -0.25) is 9.79 Å². The summed E-state index contributed by atoms with van der Waals surface area (Å²) in [7, 11) is 0. The number of carbonyl (C=O) groups is 1. The standard InChI is InChI=1S/C15H20N2O2/c1-11-6-13(15(19)14(7-11)10-18)9-17-8-12-2-4-16-5-3-12/h6-7,9-10,12,16,19H,2-5,8H2,1H3/p-1. The summed E-state index contributed by atoms with van der Waals surface area (Å²) < 4.78 is 0. The van der Waals surface area contributed by atoms with E-state index < -0.39 is 0 Å². The first-order valence-corrected chi connectivity index (χ1v) is 6.68. The van der Waals surface area contributed by atoms with E-state index in [1.54, 1.807) is 18.3 Å². The Bertz CT molecular complexity index is 477. The number of benzene rings is 1. The fraction of sp³-hybridized carbons (Fsp3) is 0.467. The van der Waals surface area contributed by atoms with E-state index in [0.29, 0.717) is 17.8 Å². The van der Waals surface area contributed by atoms with E-state index in [0.717, 1.165) is 38.0 Å². The molecule has 0 unspecified atom stereocenters. The van der Waals surface area contributed by atoms with Crippen LogP contribution in [0.25, 0.3) is 0 Å². The molecule has 1 fully saturated rings. The number of hydrogen-bond donors (Lipinski definition) is 1.